The number of likely N-dealkylation sites (tertiary alicyclic amines) is 1. The number of amides is 1. The Bertz CT molecular complexity index is 462. The van der Waals surface area contributed by atoms with Crippen LogP contribution in [0.1, 0.15) is 39.2 Å². The minimum atomic E-state index is 0.0857. The van der Waals surface area contributed by atoms with E-state index in [1.165, 1.54) is 5.56 Å². The molecule has 1 aliphatic heterocycles. The van der Waals surface area contributed by atoms with Gasteiger partial charge in [0, 0.05) is 25.2 Å². The number of aryl methyl sites for hydroxylation is 1. The van der Waals surface area contributed by atoms with Crippen LogP contribution in [0.15, 0.2) is 24.3 Å². The summed E-state index contributed by atoms with van der Waals surface area (Å²) in [6.45, 7) is 8.22. The lowest BCUT2D eigenvalue weighted by atomic mass is 10.0. The Labute approximate surface area is 133 Å². The van der Waals surface area contributed by atoms with Crippen LogP contribution >= 0.6 is 0 Å². The van der Waals surface area contributed by atoms with Gasteiger partial charge in [-0.15, -0.1) is 0 Å². The third-order valence-electron chi connectivity index (χ3n) is 4.11. The number of nitrogens with zero attached hydrogens (tertiary/aromatic N) is 1. The minimum Gasteiger partial charge on any atom is -0.484 e. The number of rotatable bonds is 6. The number of carbonyl (C=O) groups is 1. The molecule has 2 rings (SSSR count). The van der Waals surface area contributed by atoms with Crippen molar-refractivity contribution in [3.63, 3.8) is 0 Å². The van der Waals surface area contributed by atoms with Gasteiger partial charge in [-0.05, 0) is 37.0 Å². The molecule has 1 saturated heterocycles. The van der Waals surface area contributed by atoms with Crippen molar-refractivity contribution >= 4 is 5.91 Å². The molecule has 1 amide bonds. The predicted molar refractivity (Wildman–Crippen MR) is 89.2 cm³/mol. The maximum atomic E-state index is 12.2. The van der Waals surface area contributed by atoms with Crippen LogP contribution in [0.3, 0.4) is 0 Å². The van der Waals surface area contributed by atoms with Crippen molar-refractivity contribution in [2.75, 3.05) is 19.7 Å². The Balaban J connectivity index is 1.73. The second-order valence-corrected chi connectivity index (χ2v) is 6.26. The van der Waals surface area contributed by atoms with E-state index >= 15 is 0 Å². The average molecular weight is 304 g/mol. The largest absolute Gasteiger partial charge is 0.484 e. The van der Waals surface area contributed by atoms with E-state index in [2.05, 4.69) is 26.1 Å². The van der Waals surface area contributed by atoms with Gasteiger partial charge >= 0.3 is 0 Å². The summed E-state index contributed by atoms with van der Waals surface area (Å²) in [5.41, 5.74) is 1.28. The van der Waals surface area contributed by atoms with Gasteiger partial charge in [-0.3, -0.25) is 4.79 Å². The second-order valence-electron chi connectivity index (χ2n) is 6.26. The van der Waals surface area contributed by atoms with Crippen molar-refractivity contribution < 1.29 is 9.53 Å². The molecule has 0 atom stereocenters. The van der Waals surface area contributed by atoms with Gasteiger partial charge in [-0.2, -0.15) is 0 Å². The zero-order chi connectivity index (χ0) is 15.9. The third kappa shape index (κ3) is 5.02. The Morgan fingerprint density at radius 1 is 1.27 bits per heavy atom. The zero-order valence-corrected chi connectivity index (χ0v) is 14.0. The lowest BCUT2D eigenvalue weighted by Crippen LogP contribution is -2.47. The van der Waals surface area contributed by atoms with E-state index in [4.69, 9.17) is 4.74 Å². The quantitative estimate of drug-likeness (QED) is 0.878. The van der Waals surface area contributed by atoms with Crippen molar-refractivity contribution in [1.82, 2.24) is 10.2 Å². The zero-order valence-electron chi connectivity index (χ0n) is 14.0. The first-order valence-corrected chi connectivity index (χ1v) is 8.34. The molecule has 0 aliphatic carbocycles. The van der Waals surface area contributed by atoms with E-state index in [-0.39, 0.29) is 12.5 Å². The first-order chi connectivity index (χ1) is 10.6. The number of hydrogen-bond acceptors (Lipinski definition) is 3. The van der Waals surface area contributed by atoms with Gasteiger partial charge in [-0.1, -0.05) is 32.9 Å². The van der Waals surface area contributed by atoms with E-state index in [9.17, 15) is 4.79 Å². The highest BCUT2D eigenvalue weighted by Gasteiger charge is 2.23. The normalized spacial score (nSPS) is 16.1. The lowest BCUT2D eigenvalue weighted by Gasteiger charge is -2.33. The van der Waals surface area contributed by atoms with Gasteiger partial charge in [0.1, 0.15) is 5.75 Å². The molecule has 0 saturated carbocycles. The molecule has 1 fully saturated rings. The number of hydrogen-bond donors (Lipinski definition) is 1. The molecular weight excluding hydrogens is 276 g/mol. The fourth-order valence-corrected chi connectivity index (χ4v) is 2.82. The lowest BCUT2D eigenvalue weighted by molar-refractivity contribution is -0.134. The van der Waals surface area contributed by atoms with Crippen molar-refractivity contribution in [3.05, 3.63) is 29.8 Å². The summed E-state index contributed by atoms with van der Waals surface area (Å²) in [5.74, 6) is 0.851. The summed E-state index contributed by atoms with van der Waals surface area (Å²) < 4.78 is 5.61. The molecule has 1 N–H and O–H groups in total. The summed E-state index contributed by atoms with van der Waals surface area (Å²) >= 11 is 0. The highest BCUT2D eigenvalue weighted by molar-refractivity contribution is 5.77. The molecule has 0 aromatic heterocycles. The van der Waals surface area contributed by atoms with Crippen LogP contribution in [-0.2, 0) is 11.2 Å². The minimum absolute atomic E-state index is 0.0857. The maximum absolute atomic E-state index is 12.2. The molecular formula is C18H28N2O2. The highest BCUT2D eigenvalue weighted by atomic mass is 16.5. The molecule has 0 spiro atoms. The van der Waals surface area contributed by atoms with Crippen LogP contribution in [0, 0.1) is 0 Å². The molecule has 4 heteroatoms. The van der Waals surface area contributed by atoms with E-state index in [1.54, 1.807) is 0 Å². The average Bonchev–Trinajstić information content (AvgIpc) is 2.53. The SMILES string of the molecule is CCc1ccc(OCC(=O)N2CCC(NC(C)C)CC2)cc1. The van der Waals surface area contributed by atoms with Crippen molar-refractivity contribution in [2.24, 2.45) is 0 Å². The van der Waals surface area contributed by atoms with Gasteiger partial charge in [0.25, 0.3) is 5.91 Å². The number of carbonyl (C=O) groups excluding carboxylic acids is 1. The summed E-state index contributed by atoms with van der Waals surface area (Å²) in [5, 5.41) is 3.54. The fourth-order valence-electron chi connectivity index (χ4n) is 2.82. The Kier molecular flexibility index (Phi) is 6.25. The summed E-state index contributed by atoms with van der Waals surface area (Å²) in [4.78, 5) is 14.1. The van der Waals surface area contributed by atoms with Gasteiger partial charge < -0.3 is 15.0 Å². The van der Waals surface area contributed by atoms with Gasteiger partial charge in [-0.25, -0.2) is 0 Å². The second kappa shape index (κ2) is 8.18. The van der Waals surface area contributed by atoms with E-state index in [1.807, 2.05) is 29.2 Å². The molecule has 4 nitrogen and oxygen atoms in total. The highest BCUT2D eigenvalue weighted by Crippen LogP contribution is 2.14. The summed E-state index contributed by atoms with van der Waals surface area (Å²) in [6, 6.07) is 9.00. The van der Waals surface area contributed by atoms with E-state index in [0.29, 0.717) is 12.1 Å². The monoisotopic (exact) mass is 304 g/mol. The standard InChI is InChI=1S/C18H28N2O2/c1-4-15-5-7-17(8-6-15)22-13-18(21)20-11-9-16(10-12-20)19-14(2)3/h5-8,14,16,19H,4,9-13H2,1-3H3. The maximum Gasteiger partial charge on any atom is 0.260 e. The molecule has 0 radical (unpaired) electrons. The van der Waals surface area contributed by atoms with Crippen molar-refractivity contribution in [2.45, 2.75) is 52.1 Å². The van der Waals surface area contributed by atoms with E-state index in [0.717, 1.165) is 38.1 Å². The molecule has 22 heavy (non-hydrogen) atoms. The molecule has 1 aliphatic rings. The van der Waals surface area contributed by atoms with Gasteiger partial charge in [0.15, 0.2) is 6.61 Å². The summed E-state index contributed by atoms with van der Waals surface area (Å²) in [6.07, 6.45) is 3.06. The van der Waals surface area contributed by atoms with Crippen molar-refractivity contribution in [1.29, 1.82) is 0 Å². The predicted octanol–water partition coefficient (Wildman–Crippen LogP) is 2.62. The van der Waals surface area contributed by atoms with Crippen LogP contribution in [-0.4, -0.2) is 42.6 Å². The Morgan fingerprint density at radius 2 is 1.91 bits per heavy atom. The topological polar surface area (TPSA) is 41.6 Å². The first kappa shape index (κ1) is 16.8. The number of ether oxygens (including phenoxy) is 1. The van der Waals surface area contributed by atoms with Crippen LogP contribution in [0.2, 0.25) is 0 Å². The first-order valence-electron chi connectivity index (χ1n) is 8.34. The Morgan fingerprint density at radius 3 is 2.45 bits per heavy atom. The number of piperidine rings is 1. The fraction of sp³-hybridized carbons (Fsp3) is 0.611. The molecule has 1 aromatic carbocycles. The molecule has 1 aromatic rings. The number of benzene rings is 1. The van der Waals surface area contributed by atoms with Crippen LogP contribution < -0.4 is 10.1 Å². The molecule has 122 valence electrons. The molecule has 0 unspecified atom stereocenters. The number of nitrogens with one attached hydrogen (secondary N) is 1. The van der Waals surface area contributed by atoms with Gasteiger partial charge in [0.2, 0.25) is 0 Å². The smallest absolute Gasteiger partial charge is 0.260 e. The Hall–Kier alpha value is -1.55. The summed E-state index contributed by atoms with van der Waals surface area (Å²) in [7, 11) is 0. The van der Waals surface area contributed by atoms with Crippen LogP contribution in [0.4, 0.5) is 0 Å². The van der Waals surface area contributed by atoms with Crippen LogP contribution in [0.25, 0.3) is 0 Å². The molecule has 0 bridgehead atoms. The van der Waals surface area contributed by atoms with Gasteiger partial charge in [0.05, 0.1) is 0 Å². The van der Waals surface area contributed by atoms with Crippen molar-refractivity contribution in [3.8, 4) is 5.75 Å². The van der Waals surface area contributed by atoms with E-state index < -0.39 is 0 Å². The third-order valence-corrected chi connectivity index (χ3v) is 4.11. The molecule has 1 heterocycles. The van der Waals surface area contributed by atoms with Crippen LogP contribution in [0.5, 0.6) is 5.75 Å².